The Morgan fingerprint density at radius 3 is 3.05 bits per heavy atom. The van der Waals surface area contributed by atoms with Crippen LogP contribution in [0.3, 0.4) is 0 Å². The molecular weight excluding hydrogens is 322 g/mol. The number of hydrogen-bond acceptors (Lipinski definition) is 3. The minimum atomic E-state index is 0.429. The number of thiocarbonyl (C=S) groups is 1. The van der Waals surface area contributed by atoms with E-state index in [1.165, 1.54) is 19.4 Å². The fourth-order valence-corrected chi connectivity index (χ4v) is 3.51. The molecule has 3 nitrogen and oxygen atoms in total. The maximum Gasteiger partial charge on any atom is 0.107 e. The second-order valence-corrected chi connectivity index (χ2v) is 6.20. The Balaban J connectivity index is 2.14. The molecule has 1 saturated heterocycles. The fraction of sp³-hybridized carbons (Fsp3) is 0.500. The highest BCUT2D eigenvalue weighted by Crippen LogP contribution is 2.26. The van der Waals surface area contributed by atoms with Crippen molar-refractivity contribution in [2.24, 2.45) is 5.73 Å². The van der Waals surface area contributed by atoms with E-state index in [2.05, 4.69) is 33.1 Å². The largest absolute Gasteiger partial charge is 0.389 e. The van der Waals surface area contributed by atoms with Gasteiger partial charge in [0.05, 0.1) is 0 Å². The van der Waals surface area contributed by atoms with Crippen molar-refractivity contribution in [1.29, 1.82) is 0 Å². The van der Waals surface area contributed by atoms with E-state index in [0.717, 1.165) is 28.8 Å². The van der Waals surface area contributed by atoms with Gasteiger partial charge in [0, 0.05) is 28.3 Å². The number of piperidine rings is 1. The van der Waals surface area contributed by atoms with Gasteiger partial charge in [0.2, 0.25) is 0 Å². The van der Waals surface area contributed by atoms with Crippen molar-refractivity contribution in [2.45, 2.75) is 25.8 Å². The third kappa shape index (κ3) is 3.68. The van der Waals surface area contributed by atoms with E-state index in [1.807, 2.05) is 18.2 Å². The Morgan fingerprint density at radius 2 is 2.37 bits per heavy atom. The molecule has 0 spiro atoms. The number of nitrogens with one attached hydrogen (secondary N) is 1. The van der Waals surface area contributed by atoms with Crippen LogP contribution < -0.4 is 11.1 Å². The first-order chi connectivity index (χ1) is 9.11. The van der Waals surface area contributed by atoms with Gasteiger partial charge in [0.25, 0.3) is 0 Å². The summed E-state index contributed by atoms with van der Waals surface area (Å²) in [5, 5.41) is 3.60. The average molecular weight is 342 g/mol. The van der Waals surface area contributed by atoms with E-state index in [4.69, 9.17) is 18.0 Å². The van der Waals surface area contributed by atoms with Crippen molar-refractivity contribution < 1.29 is 0 Å². The SMILES string of the molecule is CCN1CCCC(Nc2cccc(Br)c2C(N)=S)C1. The molecule has 2 rings (SSSR count). The van der Waals surface area contributed by atoms with Gasteiger partial charge in [0.1, 0.15) is 4.99 Å². The first-order valence-electron chi connectivity index (χ1n) is 6.69. The van der Waals surface area contributed by atoms with Crippen LogP contribution in [0.4, 0.5) is 5.69 Å². The van der Waals surface area contributed by atoms with Crippen molar-refractivity contribution in [3.05, 3.63) is 28.2 Å². The molecule has 1 unspecified atom stereocenters. The van der Waals surface area contributed by atoms with Crippen molar-refractivity contribution in [1.82, 2.24) is 4.90 Å². The summed E-state index contributed by atoms with van der Waals surface area (Å²) in [5.74, 6) is 0. The summed E-state index contributed by atoms with van der Waals surface area (Å²) in [6.07, 6.45) is 2.43. The molecule has 0 aromatic heterocycles. The third-order valence-corrected chi connectivity index (χ3v) is 4.44. The van der Waals surface area contributed by atoms with Crippen molar-refractivity contribution >= 4 is 38.8 Å². The molecular formula is C14H20BrN3S. The third-order valence-electron chi connectivity index (χ3n) is 3.57. The molecule has 5 heteroatoms. The molecule has 1 fully saturated rings. The van der Waals surface area contributed by atoms with Crippen molar-refractivity contribution in [3.63, 3.8) is 0 Å². The monoisotopic (exact) mass is 341 g/mol. The molecule has 1 aromatic rings. The molecule has 0 aliphatic carbocycles. The first-order valence-corrected chi connectivity index (χ1v) is 7.89. The van der Waals surface area contributed by atoms with Gasteiger partial charge in [-0.25, -0.2) is 0 Å². The lowest BCUT2D eigenvalue weighted by molar-refractivity contribution is 0.227. The fourth-order valence-electron chi connectivity index (χ4n) is 2.58. The lowest BCUT2D eigenvalue weighted by Crippen LogP contribution is -2.42. The van der Waals surface area contributed by atoms with Gasteiger partial charge in [-0.3, -0.25) is 0 Å². The number of nitrogens with two attached hydrogens (primary N) is 1. The number of benzene rings is 1. The topological polar surface area (TPSA) is 41.3 Å². The summed E-state index contributed by atoms with van der Waals surface area (Å²) in [5.41, 5.74) is 7.77. The van der Waals surface area contributed by atoms with Gasteiger partial charge in [-0.05, 0) is 54.0 Å². The zero-order chi connectivity index (χ0) is 13.8. The Labute approximate surface area is 128 Å². The van der Waals surface area contributed by atoms with Gasteiger partial charge in [-0.15, -0.1) is 0 Å². The van der Waals surface area contributed by atoms with Crippen LogP contribution in [0.25, 0.3) is 0 Å². The highest BCUT2D eigenvalue weighted by Gasteiger charge is 2.20. The summed E-state index contributed by atoms with van der Waals surface area (Å²) in [6.45, 7) is 5.61. The number of nitrogens with zero attached hydrogens (tertiary/aromatic N) is 1. The highest BCUT2D eigenvalue weighted by atomic mass is 79.9. The Hall–Kier alpha value is -0.650. The zero-order valence-electron chi connectivity index (χ0n) is 11.2. The molecule has 104 valence electrons. The molecule has 0 radical (unpaired) electrons. The summed E-state index contributed by atoms with van der Waals surface area (Å²) in [7, 11) is 0. The molecule has 0 amide bonds. The van der Waals surface area contributed by atoms with Crippen LogP contribution in [0.15, 0.2) is 22.7 Å². The average Bonchev–Trinajstić information content (AvgIpc) is 2.38. The van der Waals surface area contributed by atoms with E-state index in [1.54, 1.807) is 0 Å². The standard InChI is InChI=1S/C14H20BrN3S/c1-2-18-8-4-5-10(9-18)17-12-7-3-6-11(15)13(12)14(16)19/h3,6-7,10,17H,2,4-5,8-9H2,1H3,(H2,16,19). The highest BCUT2D eigenvalue weighted by molar-refractivity contribution is 9.10. The summed E-state index contributed by atoms with van der Waals surface area (Å²) in [6, 6.07) is 6.49. The Kier molecular flexibility index (Phi) is 5.19. The molecule has 1 aliphatic heterocycles. The predicted molar refractivity (Wildman–Crippen MR) is 88.8 cm³/mol. The molecule has 1 atom stereocenters. The Bertz CT molecular complexity index is 464. The van der Waals surface area contributed by atoms with Crippen LogP contribution in [-0.4, -0.2) is 35.6 Å². The van der Waals surface area contributed by atoms with Crippen molar-refractivity contribution in [3.8, 4) is 0 Å². The maximum atomic E-state index is 5.83. The number of likely N-dealkylation sites (tertiary alicyclic amines) is 1. The lowest BCUT2D eigenvalue weighted by Gasteiger charge is -2.33. The van der Waals surface area contributed by atoms with E-state index in [-0.39, 0.29) is 0 Å². The number of hydrogen-bond donors (Lipinski definition) is 2. The van der Waals surface area contributed by atoms with E-state index in [0.29, 0.717) is 11.0 Å². The molecule has 1 aromatic carbocycles. The van der Waals surface area contributed by atoms with Gasteiger partial charge >= 0.3 is 0 Å². The summed E-state index contributed by atoms with van der Waals surface area (Å²) >= 11 is 8.67. The molecule has 0 saturated carbocycles. The predicted octanol–water partition coefficient (Wildman–Crippen LogP) is 2.98. The van der Waals surface area contributed by atoms with E-state index < -0.39 is 0 Å². The number of anilines is 1. The normalized spacial score (nSPS) is 20.2. The van der Waals surface area contributed by atoms with Crippen LogP contribution in [0, 0.1) is 0 Å². The van der Waals surface area contributed by atoms with E-state index >= 15 is 0 Å². The van der Waals surface area contributed by atoms with Crippen LogP contribution in [-0.2, 0) is 0 Å². The molecule has 19 heavy (non-hydrogen) atoms. The van der Waals surface area contributed by atoms with Crippen molar-refractivity contribution in [2.75, 3.05) is 25.0 Å². The summed E-state index contributed by atoms with van der Waals surface area (Å²) < 4.78 is 0.952. The van der Waals surface area contributed by atoms with Crippen LogP contribution in [0.5, 0.6) is 0 Å². The second-order valence-electron chi connectivity index (χ2n) is 4.90. The van der Waals surface area contributed by atoms with Gasteiger partial charge < -0.3 is 16.0 Å². The van der Waals surface area contributed by atoms with E-state index in [9.17, 15) is 0 Å². The smallest absolute Gasteiger partial charge is 0.107 e. The second kappa shape index (κ2) is 6.68. The number of likely N-dealkylation sites (N-methyl/N-ethyl adjacent to an activating group) is 1. The van der Waals surface area contributed by atoms with Crippen LogP contribution in [0.2, 0.25) is 0 Å². The maximum absolute atomic E-state index is 5.83. The molecule has 0 bridgehead atoms. The Morgan fingerprint density at radius 1 is 1.58 bits per heavy atom. The minimum Gasteiger partial charge on any atom is -0.389 e. The number of halogens is 1. The van der Waals surface area contributed by atoms with Gasteiger partial charge in [-0.1, -0.05) is 25.2 Å². The minimum absolute atomic E-state index is 0.429. The molecule has 1 aliphatic rings. The summed E-state index contributed by atoms with van der Waals surface area (Å²) in [4.78, 5) is 2.90. The van der Waals surface area contributed by atoms with Gasteiger partial charge in [-0.2, -0.15) is 0 Å². The quantitative estimate of drug-likeness (QED) is 0.826. The molecule has 3 N–H and O–H groups in total. The van der Waals surface area contributed by atoms with Crippen LogP contribution in [0.1, 0.15) is 25.3 Å². The first kappa shape index (κ1) is 14.8. The zero-order valence-corrected chi connectivity index (χ0v) is 13.6. The lowest BCUT2D eigenvalue weighted by atomic mass is 10.0. The van der Waals surface area contributed by atoms with Gasteiger partial charge in [0.15, 0.2) is 0 Å². The molecule has 1 heterocycles. The number of rotatable bonds is 4. The van der Waals surface area contributed by atoms with Crippen LogP contribution >= 0.6 is 28.1 Å².